The first-order chi connectivity index (χ1) is 5.86. The summed E-state index contributed by atoms with van der Waals surface area (Å²) in [5.74, 6) is 0.700. The van der Waals surface area contributed by atoms with E-state index in [-0.39, 0.29) is 0 Å². The number of nitrogens with one attached hydrogen (secondary N) is 1. The lowest BCUT2D eigenvalue weighted by Crippen LogP contribution is -2.07. The molecule has 3 N–H and O–H groups in total. The maximum Gasteiger partial charge on any atom is 0.0314 e. The van der Waals surface area contributed by atoms with E-state index in [1.54, 1.807) is 0 Å². The summed E-state index contributed by atoms with van der Waals surface area (Å²) < 4.78 is 0. The Labute approximate surface area is 72.8 Å². The summed E-state index contributed by atoms with van der Waals surface area (Å²) >= 11 is 0. The minimum atomic E-state index is 0.700. The molecule has 12 heavy (non-hydrogen) atoms. The van der Waals surface area contributed by atoms with E-state index in [2.05, 4.69) is 17.4 Å². The molecule has 0 spiro atoms. The second-order valence-electron chi connectivity index (χ2n) is 3.36. The molecule has 2 nitrogen and oxygen atoms in total. The number of nitrogen functional groups attached to an aromatic ring is 1. The molecule has 1 saturated heterocycles. The Morgan fingerprint density at radius 2 is 2.00 bits per heavy atom. The van der Waals surface area contributed by atoms with Crippen LogP contribution in [0, 0.1) is 0 Å². The van der Waals surface area contributed by atoms with Crippen molar-refractivity contribution in [2.75, 3.05) is 18.8 Å². The fourth-order valence-electron chi connectivity index (χ4n) is 1.71. The molecule has 0 amide bonds. The van der Waals surface area contributed by atoms with E-state index < -0.39 is 0 Å². The Morgan fingerprint density at radius 3 is 2.58 bits per heavy atom. The Bertz CT molecular complexity index is 247. The Hall–Kier alpha value is -1.02. The van der Waals surface area contributed by atoms with Crippen LogP contribution >= 0.6 is 0 Å². The minimum absolute atomic E-state index is 0.700. The van der Waals surface area contributed by atoms with Crippen LogP contribution in [0.3, 0.4) is 0 Å². The second-order valence-corrected chi connectivity index (χ2v) is 3.36. The summed E-state index contributed by atoms with van der Waals surface area (Å²) in [6.07, 6.45) is 1.25. The minimum Gasteiger partial charge on any atom is -0.399 e. The highest BCUT2D eigenvalue weighted by Gasteiger charge is 2.15. The third-order valence-corrected chi connectivity index (χ3v) is 2.47. The molecule has 1 aromatic carbocycles. The number of nitrogens with two attached hydrogens (primary N) is 1. The molecule has 0 bridgehead atoms. The normalized spacial score (nSPS) is 22.8. The predicted octanol–water partition coefficient (Wildman–Crippen LogP) is 1.35. The monoisotopic (exact) mass is 162 g/mol. The fourth-order valence-corrected chi connectivity index (χ4v) is 1.71. The molecule has 0 aromatic heterocycles. The fraction of sp³-hybridized carbons (Fsp3) is 0.400. The molecule has 1 fully saturated rings. The Morgan fingerprint density at radius 1 is 1.25 bits per heavy atom. The zero-order valence-corrected chi connectivity index (χ0v) is 7.09. The quantitative estimate of drug-likeness (QED) is 0.612. The summed E-state index contributed by atoms with van der Waals surface area (Å²) in [5, 5.41) is 3.35. The van der Waals surface area contributed by atoms with Gasteiger partial charge in [-0.2, -0.15) is 0 Å². The van der Waals surface area contributed by atoms with Crippen LogP contribution in [0.25, 0.3) is 0 Å². The van der Waals surface area contributed by atoms with Crippen LogP contribution in [-0.4, -0.2) is 13.1 Å². The van der Waals surface area contributed by atoms with Gasteiger partial charge in [-0.15, -0.1) is 0 Å². The lowest BCUT2D eigenvalue weighted by atomic mass is 9.98. The van der Waals surface area contributed by atoms with Gasteiger partial charge in [-0.05, 0) is 36.6 Å². The Kier molecular flexibility index (Phi) is 2.00. The van der Waals surface area contributed by atoms with Gasteiger partial charge in [0.25, 0.3) is 0 Å². The molecule has 1 aromatic rings. The summed E-state index contributed by atoms with van der Waals surface area (Å²) in [6.45, 7) is 2.26. The highest BCUT2D eigenvalue weighted by atomic mass is 14.9. The van der Waals surface area contributed by atoms with Gasteiger partial charge in [-0.1, -0.05) is 12.1 Å². The average Bonchev–Trinajstić information content (AvgIpc) is 2.58. The van der Waals surface area contributed by atoms with Crippen molar-refractivity contribution < 1.29 is 0 Å². The van der Waals surface area contributed by atoms with Gasteiger partial charge in [0.2, 0.25) is 0 Å². The average molecular weight is 162 g/mol. The standard InChI is InChI=1S/C10H14N2/c11-10-3-1-8(2-4-10)9-5-6-12-7-9/h1-4,9,12H,5-7,11H2. The molecule has 1 atom stereocenters. The number of benzene rings is 1. The lowest BCUT2D eigenvalue weighted by Gasteiger charge is -2.07. The van der Waals surface area contributed by atoms with Gasteiger partial charge in [-0.25, -0.2) is 0 Å². The molecule has 0 saturated carbocycles. The smallest absolute Gasteiger partial charge is 0.0314 e. The third kappa shape index (κ3) is 1.43. The van der Waals surface area contributed by atoms with E-state index in [9.17, 15) is 0 Å². The molecule has 1 heterocycles. The molecule has 64 valence electrons. The van der Waals surface area contributed by atoms with Gasteiger partial charge in [0.15, 0.2) is 0 Å². The summed E-state index contributed by atoms with van der Waals surface area (Å²) in [6, 6.07) is 8.22. The van der Waals surface area contributed by atoms with Crippen molar-refractivity contribution in [2.45, 2.75) is 12.3 Å². The van der Waals surface area contributed by atoms with Crippen molar-refractivity contribution in [3.63, 3.8) is 0 Å². The summed E-state index contributed by atoms with van der Waals surface area (Å²) in [5.41, 5.74) is 7.87. The molecular formula is C10H14N2. The van der Waals surface area contributed by atoms with E-state index in [0.717, 1.165) is 18.8 Å². The van der Waals surface area contributed by atoms with Gasteiger partial charge in [-0.3, -0.25) is 0 Å². The van der Waals surface area contributed by atoms with Crippen molar-refractivity contribution >= 4 is 5.69 Å². The second kappa shape index (κ2) is 3.15. The number of anilines is 1. The van der Waals surface area contributed by atoms with Crippen LogP contribution in [0.5, 0.6) is 0 Å². The van der Waals surface area contributed by atoms with Crippen molar-refractivity contribution in [1.82, 2.24) is 5.32 Å². The van der Waals surface area contributed by atoms with Crippen LogP contribution in [0.2, 0.25) is 0 Å². The molecule has 2 heteroatoms. The molecule has 1 aliphatic heterocycles. The topological polar surface area (TPSA) is 38.0 Å². The molecular weight excluding hydrogens is 148 g/mol. The highest BCUT2D eigenvalue weighted by Crippen LogP contribution is 2.22. The lowest BCUT2D eigenvalue weighted by molar-refractivity contribution is 0.764. The van der Waals surface area contributed by atoms with E-state index >= 15 is 0 Å². The van der Waals surface area contributed by atoms with Crippen LogP contribution in [-0.2, 0) is 0 Å². The first kappa shape index (κ1) is 7.62. The maximum absolute atomic E-state index is 5.61. The molecule has 0 radical (unpaired) electrons. The van der Waals surface area contributed by atoms with E-state index in [1.807, 2.05) is 12.1 Å². The zero-order valence-electron chi connectivity index (χ0n) is 7.09. The largest absolute Gasteiger partial charge is 0.399 e. The van der Waals surface area contributed by atoms with Gasteiger partial charge in [0.1, 0.15) is 0 Å². The van der Waals surface area contributed by atoms with E-state index in [0.29, 0.717) is 5.92 Å². The third-order valence-electron chi connectivity index (χ3n) is 2.47. The first-order valence-electron chi connectivity index (χ1n) is 4.42. The molecule has 1 unspecified atom stereocenters. The Balaban J connectivity index is 2.17. The number of hydrogen-bond acceptors (Lipinski definition) is 2. The maximum atomic E-state index is 5.61. The predicted molar refractivity (Wildman–Crippen MR) is 51.1 cm³/mol. The van der Waals surface area contributed by atoms with Gasteiger partial charge < -0.3 is 11.1 Å². The molecule has 2 rings (SSSR count). The van der Waals surface area contributed by atoms with E-state index in [1.165, 1.54) is 12.0 Å². The van der Waals surface area contributed by atoms with E-state index in [4.69, 9.17) is 5.73 Å². The number of rotatable bonds is 1. The summed E-state index contributed by atoms with van der Waals surface area (Å²) in [7, 11) is 0. The first-order valence-corrected chi connectivity index (χ1v) is 4.42. The summed E-state index contributed by atoms with van der Waals surface area (Å²) in [4.78, 5) is 0. The van der Waals surface area contributed by atoms with Gasteiger partial charge >= 0.3 is 0 Å². The molecule has 1 aliphatic rings. The van der Waals surface area contributed by atoms with Gasteiger partial charge in [0, 0.05) is 12.2 Å². The van der Waals surface area contributed by atoms with Crippen molar-refractivity contribution in [3.8, 4) is 0 Å². The van der Waals surface area contributed by atoms with Crippen LogP contribution in [0.1, 0.15) is 17.9 Å². The SMILES string of the molecule is Nc1ccc(C2CCNC2)cc1. The van der Waals surface area contributed by atoms with Crippen molar-refractivity contribution in [3.05, 3.63) is 29.8 Å². The highest BCUT2D eigenvalue weighted by molar-refractivity contribution is 5.40. The number of hydrogen-bond donors (Lipinski definition) is 2. The van der Waals surface area contributed by atoms with Crippen molar-refractivity contribution in [1.29, 1.82) is 0 Å². The van der Waals surface area contributed by atoms with Crippen molar-refractivity contribution in [2.24, 2.45) is 0 Å². The molecule has 0 aliphatic carbocycles. The van der Waals surface area contributed by atoms with Gasteiger partial charge in [0.05, 0.1) is 0 Å². The van der Waals surface area contributed by atoms with Crippen LogP contribution in [0.15, 0.2) is 24.3 Å². The zero-order chi connectivity index (χ0) is 8.39. The van der Waals surface area contributed by atoms with Crippen LogP contribution in [0.4, 0.5) is 5.69 Å². The van der Waals surface area contributed by atoms with Crippen LogP contribution < -0.4 is 11.1 Å².